The number of amides is 1. The van der Waals surface area contributed by atoms with Crippen LogP contribution < -0.4 is 5.32 Å². The second kappa shape index (κ2) is 8.87. The quantitative estimate of drug-likeness (QED) is 0.438. The fraction of sp³-hybridized carbons (Fsp3) is 0.600. The average molecular weight is 405 g/mol. The van der Waals surface area contributed by atoms with Gasteiger partial charge in [-0.2, -0.15) is 0 Å². The topological polar surface area (TPSA) is 111 Å². The molecule has 1 aliphatic heterocycles. The highest BCUT2D eigenvalue weighted by Crippen LogP contribution is 2.38. The van der Waals surface area contributed by atoms with E-state index < -0.39 is 16.8 Å². The van der Waals surface area contributed by atoms with Crippen molar-refractivity contribution in [3.05, 3.63) is 39.4 Å². The lowest BCUT2D eigenvalue weighted by atomic mass is 9.86. The number of ether oxygens (including phenoxy) is 2. The third kappa shape index (κ3) is 4.40. The molecule has 1 amide bonds. The summed E-state index contributed by atoms with van der Waals surface area (Å²) in [5.41, 5.74) is -0.426. The van der Waals surface area contributed by atoms with E-state index in [4.69, 9.17) is 4.74 Å². The number of nitro groups is 1. The molecule has 1 N–H and O–H groups in total. The lowest BCUT2D eigenvalue weighted by Crippen LogP contribution is -2.62. The highest BCUT2D eigenvalue weighted by atomic mass is 16.6. The first-order valence-corrected chi connectivity index (χ1v) is 9.89. The number of nitrogens with one attached hydrogen (secondary N) is 1. The van der Waals surface area contributed by atoms with Gasteiger partial charge in [-0.15, -0.1) is 0 Å². The number of carbonyl (C=O) groups excluding carboxylic acids is 2. The molecule has 0 aromatic heterocycles. The summed E-state index contributed by atoms with van der Waals surface area (Å²) in [5.74, 6) is -1.16. The molecule has 1 unspecified atom stereocenters. The van der Waals surface area contributed by atoms with Crippen molar-refractivity contribution in [3.63, 3.8) is 0 Å². The Morgan fingerprint density at radius 3 is 2.41 bits per heavy atom. The second-order valence-corrected chi connectivity index (χ2v) is 7.62. The Balaban J connectivity index is 1.83. The Kier molecular flexibility index (Phi) is 6.49. The zero-order valence-electron chi connectivity index (χ0n) is 16.8. The maximum Gasteiger partial charge on any atom is 0.338 e. The number of nitro benzene ring substituents is 1. The first-order chi connectivity index (χ1) is 13.9. The molecule has 2 fully saturated rings. The molecule has 3 rings (SSSR count). The van der Waals surface area contributed by atoms with E-state index >= 15 is 0 Å². The van der Waals surface area contributed by atoms with E-state index in [1.165, 1.54) is 19.2 Å². The van der Waals surface area contributed by atoms with Gasteiger partial charge in [-0.3, -0.25) is 19.8 Å². The molecule has 0 radical (unpaired) electrons. The van der Waals surface area contributed by atoms with Crippen molar-refractivity contribution in [2.45, 2.75) is 44.2 Å². The van der Waals surface area contributed by atoms with E-state index in [1.807, 2.05) is 6.92 Å². The molecule has 9 nitrogen and oxygen atoms in total. The SMILES string of the molecule is COC(=O)c1cc(C(=O)NC(C)C2(N3CCOCC3)CCCC2)cc([N+](=O)[O-])c1. The van der Waals surface area contributed by atoms with Gasteiger partial charge in [0.15, 0.2) is 0 Å². The van der Waals surface area contributed by atoms with Crippen LogP contribution in [0.1, 0.15) is 53.3 Å². The fourth-order valence-corrected chi connectivity index (χ4v) is 4.52. The van der Waals surface area contributed by atoms with Crippen molar-refractivity contribution in [1.29, 1.82) is 0 Å². The van der Waals surface area contributed by atoms with E-state index in [2.05, 4.69) is 15.0 Å². The number of carbonyl (C=O) groups is 2. The van der Waals surface area contributed by atoms with Gasteiger partial charge in [-0.05, 0) is 25.8 Å². The van der Waals surface area contributed by atoms with Crippen molar-refractivity contribution in [2.75, 3.05) is 33.4 Å². The molecule has 1 saturated heterocycles. The van der Waals surface area contributed by atoms with E-state index in [0.717, 1.165) is 44.8 Å². The van der Waals surface area contributed by atoms with Crippen molar-refractivity contribution in [3.8, 4) is 0 Å². The molecule has 1 atom stereocenters. The molecule has 1 saturated carbocycles. The molecule has 1 aromatic carbocycles. The molecule has 1 aromatic rings. The second-order valence-electron chi connectivity index (χ2n) is 7.62. The number of morpholine rings is 1. The number of benzene rings is 1. The summed E-state index contributed by atoms with van der Waals surface area (Å²) < 4.78 is 10.1. The van der Waals surface area contributed by atoms with Crippen molar-refractivity contribution in [1.82, 2.24) is 10.2 Å². The van der Waals surface area contributed by atoms with Crippen LogP contribution in [0, 0.1) is 10.1 Å². The lowest BCUT2D eigenvalue weighted by Gasteiger charge is -2.47. The summed E-state index contributed by atoms with van der Waals surface area (Å²) in [5, 5.41) is 14.3. The summed E-state index contributed by atoms with van der Waals surface area (Å²) in [6, 6.07) is 3.47. The Bertz CT molecular complexity index is 784. The smallest absolute Gasteiger partial charge is 0.338 e. The molecule has 9 heteroatoms. The fourth-order valence-electron chi connectivity index (χ4n) is 4.52. The summed E-state index contributed by atoms with van der Waals surface area (Å²) in [4.78, 5) is 37.8. The molecule has 2 aliphatic rings. The zero-order chi connectivity index (χ0) is 21.0. The standard InChI is InChI=1S/C20H27N3O6/c1-14(20(5-3-4-6-20)22-7-9-29-10-8-22)21-18(24)15-11-16(19(25)28-2)13-17(12-15)23(26)27/h11-14H,3-10H2,1-2H3,(H,21,24). The minimum atomic E-state index is -0.726. The van der Waals surface area contributed by atoms with Crippen LogP contribution in [-0.2, 0) is 9.47 Å². The van der Waals surface area contributed by atoms with Crippen LogP contribution in [0.25, 0.3) is 0 Å². The monoisotopic (exact) mass is 405 g/mol. The van der Waals surface area contributed by atoms with Crippen LogP contribution in [0.5, 0.6) is 0 Å². The van der Waals surface area contributed by atoms with Gasteiger partial charge >= 0.3 is 5.97 Å². The molecular weight excluding hydrogens is 378 g/mol. The lowest BCUT2D eigenvalue weighted by molar-refractivity contribution is -0.384. The number of hydrogen-bond acceptors (Lipinski definition) is 7. The predicted molar refractivity (Wildman–Crippen MR) is 105 cm³/mol. The molecule has 158 valence electrons. The molecule has 0 bridgehead atoms. The largest absolute Gasteiger partial charge is 0.465 e. The third-order valence-electron chi connectivity index (χ3n) is 6.08. The van der Waals surface area contributed by atoms with Gasteiger partial charge in [0.25, 0.3) is 11.6 Å². The van der Waals surface area contributed by atoms with Crippen LogP contribution in [0.2, 0.25) is 0 Å². The van der Waals surface area contributed by atoms with Crippen molar-refractivity contribution < 1.29 is 24.0 Å². The summed E-state index contributed by atoms with van der Waals surface area (Å²) >= 11 is 0. The van der Waals surface area contributed by atoms with E-state index in [0.29, 0.717) is 13.2 Å². The van der Waals surface area contributed by atoms with E-state index in [1.54, 1.807) is 0 Å². The van der Waals surface area contributed by atoms with Crippen LogP contribution in [0.4, 0.5) is 5.69 Å². The number of rotatable bonds is 6. The normalized spacial score (nSPS) is 20.1. The van der Waals surface area contributed by atoms with Crippen LogP contribution in [0.3, 0.4) is 0 Å². The Labute approximate surface area is 169 Å². The minimum Gasteiger partial charge on any atom is -0.465 e. The Hall–Kier alpha value is -2.52. The Morgan fingerprint density at radius 1 is 1.21 bits per heavy atom. The van der Waals surface area contributed by atoms with Crippen LogP contribution in [-0.4, -0.2) is 66.7 Å². The number of non-ortho nitro benzene ring substituents is 1. The van der Waals surface area contributed by atoms with Crippen LogP contribution in [0.15, 0.2) is 18.2 Å². The number of methoxy groups -OCH3 is 1. The van der Waals surface area contributed by atoms with Gasteiger partial charge in [-0.1, -0.05) is 12.8 Å². The van der Waals surface area contributed by atoms with Gasteiger partial charge in [-0.25, -0.2) is 4.79 Å². The molecule has 29 heavy (non-hydrogen) atoms. The molecular formula is C20H27N3O6. The zero-order valence-corrected chi connectivity index (χ0v) is 16.8. The maximum atomic E-state index is 12.9. The summed E-state index contributed by atoms with van der Waals surface area (Å²) in [7, 11) is 1.19. The van der Waals surface area contributed by atoms with Gasteiger partial charge in [0.2, 0.25) is 0 Å². The average Bonchev–Trinajstić information content (AvgIpc) is 3.24. The highest BCUT2D eigenvalue weighted by molar-refractivity contribution is 5.99. The minimum absolute atomic E-state index is 0.0248. The first-order valence-electron chi connectivity index (χ1n) is 9.89. The number of nitrogens with zero attached hydrogens (tertiary/aromatic N) is 2. The van der Waals surface area contributed by atoms with Crippen LogP contribution >= 0.6 is 0 Å². The molecule has 1 aliphatic carbocycles. The van der Waals surface area contributed by atoms with Gasteiger partial charge < -0.3 is 14.8 Å². The summed E-state index contributed by atoms with van der Waals surface area (Å²) in [6.45, 7) is 4.98. The van der Waals surface area contributed by atoms with Crippen molar-refractivity contribution >= 4 is 17.6 Å². The van der Waals surface area contributed by atoms with Gasteiger partial charge in [0.05, 0.1) is 30.8 Å². The molecule has 1 heterocycles. The highest BCUT2D eigenvalue weighted by Gasteiger charge is 2.45. The van der Waals surface area contributed by atoms with Gasteiger partial charge in [0.1, 0.15) is 0 Å². The van der Waals surface area contributed by atoms with Crippen molar-refractivity contribution in [2.24, 2.45) is 0 Å². The first kappa shape index (κ1) is 21.2. The third-order valence-corrected chi connectivity index (χ3v) is 6.08. The summed E-state index contributed by atoms with van der Waals surface area (Å²) in [6.07, 6.45) is 4.16. The van der Waals surface area contributed by atoms with Gasteiger partial charge in [0, 0.05) is 42.4 Å². The molecule has 0 spiro atoms. The maximum absolute atomic E-state index is 12.9. The van der Waals surface area contributed by atoms with E-state index in [-0.39, 0.29) is 28.4 Å². The Morgan fingerprint density at radius 2 is 1.83 bits per heavy atom. The number of hydrogen-bond donors (Lipinski definition) is 1. The van der Waals surface area contributed by atoms with E-state index in [9.17, 15) is 19.7 Å². The predicted octanol–water partition coefficient (Wildman–Crippen LogP) is 2.14. The number of esters is 1.